The Morgan fingerprint density at radius 2 is 1.81 bits per heavy atom. The predicted octanol–water partition coefficient (Wildman–Crippen LogP) is 4.24. The quantitative estimate of drug-likeness (QED) is 0.713. The van der Waals surface area contributed by atoms with Gasteiger partial charge in [0, 0.05) is 37.5 Å². The minimum absolute atomic E-state index is 0. The molecular formula is C20H30ClN3O2S. The van der Waals surface area contributed by atoms with Crippen LogP contribution in [0.4, 0.5) is 0 Å². The number of aromatic nitrogens is 3. The molecule has 1 saturated carbocycles. The molecule has 1 fully saturated rings. The van der Waals surface area contributed by atoms with Gasteiger partial charge in [-0.1, -0.05) is 18.9 Å². The molecule has 0 N–H and O–H groups in total. The van der Waals surface area contributed by atoms with Crippen molar-refractivity contribution < 1.29 is 9.47 Å². The number of halogens is 1. The van der Waals surface area contributed by atoms with Crippen LogP contribution in [0.25, 0.3) is 0 Å². The molecule has 3 heterocycles. The Labute approximate surface area is 171 Å². The van der Waals surface area contributed by atoms with Crippen LogP contribution in [0.3, 0.4) is 0 Å². The number of hydrogen-bond donors (Lipinski definition) is 0. The van der Waals surface area contributed by atoms with E-state index in [1.807, 2.05) is 11.3 Å². The van der Waals surface area contributed by atoms with Crippen LogP contribution in [0.5, 0.6) is 0 Å². The van der Waals surface area contributed by atoms with Crippen LogP contribution in [0.15, 0.2) is 17.5 Å². The second-order valence-corrected chi connectivity index (χ2v) is 8.98. The highest BCUT2D eigenvalue weighted by atomic mass is 35.5. The van der Waals surface area contributed by atoms with Crippen LogP contribution >= 0.6 is 23.7 Å². The lowest BCUT2D eigenvalue weighted by atomic mass is 9.52. The Balaban J connectivity index is 0.00000210. The molecule has 7 heteroatoms. The molecule has 2 aromatic rings. The molecule has 1 aliphatic carbocycles. The van der Waals surface area contributed by atoms with E-state index in [-0.39, 0.29) is 23.2 Å². The van der Waals surface area contributed by atoms with Crippen molar-refractivity contribution in [1.29, 1.82) is 0 Å². The van der Waals surface area contributed by atoms with Crippen molar-refractivity contribution in [3.63, 3.8) is 0 Å². The molecule has 4 rings (SSSR count). The maximum atomic E-state index is 5.56. The van der Waals surface area contributed by atoms with Gasteiger partial charge in [0.1, 0.15) is 11.6 Å². The van der Waals surface area contributed by atoms with E-state index in [2.05, 4.69) is 27.2 Å². The third-order valence-electron chi connectivity index (χ3n) is 6.03. The van der Waals surface area contributed by atoms with Gasteiger partial charge in [0.15, 0.2) is 0 Å². The van der Waals surface area contributed by atoms with E-state index in [1.54, 1.807) is 14.2 Å². The summed E-state index contributed by atoms with van der Waals surface area (Å²) in [5.74, 6) is 2.34. The van der Waals surface area contributed by atoms with Crippen LogP contribution in [0.2, 0.25) is 0 Å². The normalized spacial score (nSPS) is 20.7. The van der Waals surface area contributed by atoms with Crippen molar-refractivity contribution in [3.05, 3.63) is 34.0 Å². The van der Waals surface area contributed by atoms with E-state index >= 15 is 0 Å². The monoisotopic (exact) mass is 411 g/mol. The number of nitrogens with zero attached hydrogens (tertiary/aromatic N) is 3. The van der Waals surface area contributed by atoms with Crippen molar-refractivity contribution in [3.8, 4) is 0 Å². The van der Waals surface area contributed by atoms with Crippen LogP contribution in [0, 0.1) is 5.41 Å². The van der Waals surface area contributed by atoms with Crippen LogP contribution < -0.4 is 0 Å². The number of hydrogen-bond acceptors (Lipinski definition) is 5. The molecular weight excluding hydrogens is 382 g/mol. The second-order valence-electron chi connectivity index (χ2n) is 8.03. The molecule has 1 aliphatic heterocycles. The molecule has 27 heavy (non-hydrogen) atoms. The minimum Gasteiger partial charge on any atom is -0.384 e. The van der Waals surface area contributed by atoms with Crippen molar-refractivity contribution in [2.75, 3.05) is 27.4 Å². The molecule has 0 amide bonds. The van der Waals surface area contributed by atoms with Gasteiger partial charge in [-0.3, -0.25) is 0 Å². The summed E-state index contributed by atoms with van der Waals surface area (Å²) in [5.41, 5.74) is 0.0250. The van der Waals surface area contributed by atoms with Crippen LogP contribution in [0.1, 0.15) is 55.1 Å². The Kier molecular flexibility index (Phi) is 6.62. The molecule has 0 unspecified atom stereocenters. The van der Waals surface area contributed by atoms with E-state index in [0.717, 1.165) is 39.0 Å². The summed E-state index contributed by atoms with van der Waals surface area (Å²) in [6.45, 7) is 2.51. The predicted molar refractivity (Wildman–Crippen MR) is 110 cm³/mol. The minimum atomic E-state index is -0.0460. The van der Waals surface area contributed by atoms with Gasteiger partial charge < -0.3 is 14.0 Å². The third kappa shape index (κ3) is 3.69. The first kappa shape index (κ1) is 20.8. The van der Waals surface area contributed by atoms with Gasteiger partial charge >= 0.3 is 0 Å². The maximum absolute atomic E-state index is 5.56. The standard InChI is InChI=1S/C20H29N3O2S.ClH/c1-24-14-19(15-25-2)12-20(13-19,16-8-7-11-26-16)18-22-21-17-9-5-3-4-6-10-23(17)18;/h7-8,11H,3-6,9-10,12-15H2,1-2H3;1H. The second kappa shape index (κ2) is 8.60. The molecule has 0 saturated heterocycles. The summed E-state index contributed by atoms with van der Waals surface area (Å²) in [5, 5.41) is 11.5. The Morgan fingerprint density at radius 3 is 2.48 bits per heavy atom. The molecule has 0 atom stereocenters. The molecule has 0 radical (unpaired) electrons. The molecule has 5 nitrogen and oxygen atoms in total. The zero-order chi connectivity index (χ0) is 18.0. The first-order valence-corrected chi connectivity index (χ1v) is 10.6. The number of rotatable bonds is 6. The number of fused-ring (bicyclic) bond motifs is 1. The van der Waals surface area contributed by atoms with E-state index in [0.29, 0.717) is 0 Å². The largest absolute Gasteiger partial charge is 0.384 e. The maximum Gasteiger partial charge on any atom is 0.144 e. The average molecular weight is 412 g/mol. The summed E-state index contributed by atoms with van der Waals surface area (Å²) in [4.78, 5) is 1.40. The average Bonchev–Trinajstić information content (AvgIpc) is 3.22. The van der Waals surface area contributed by atoms with Crippen LogP contribution in [-0.4, -0.2) is 42.2 Å². The van der Waals surface area contributed by atoms with Gasteiger partial charge in [-0.05, 0) is 37.1 Å². The lowest BCUT2D eigenvalue weighted by molar-refractivity contribution is -0.0784. The van der Waals surface area contributed by atoms with E-state index < -0.39 is 0 Å². The van der Waals surface area contributed by atoms with Gasteiger partial charge in [0.25, 0.3) is 0 Å². The number of aryl methyl sites for hydroxylation is 1. The lowest BCUT2D eigenvalue weighted by Gasteiger charge is -2.54. The molecule has 0 spiro atoms. The third-order valence-corrected chi connectivity index (χ3v) is 7.11. The molecule has 2 aliphatic rings. The number of thiophene rings is 1. The summed E-state index contributed by atoms with van der Waals surface area (Å²) in [6.07, 6.45) is 8.14. The Morgan fingerprint density at radius 1 is 1.07 bits per heavy atom. The molecule has 0 aromatic carbocycles. The fraction of sp³-hybridized carbons (Fsp3) is 0.700. The SMILES string of the molecule is COCC1(COC)CC(c2cccs2)(c2nnc3n2CCCCCC3)C1.Cl. The van der Waals surface area contributed by atoms with Gasteiger partial charge in [-0.25, -0.2) is 0 Å². The smallest absolute Gasteiger partial charge is 0.144 e. The summed E-state index contributed by atoms with van der Waals surface area (Å²) >= 11 is 1.84. The van der Waals surface area contributed by atoms with Gasteiger partial charge in [-0.2, -0.15) is 0 Å². The van der Waals surface area contributed by atoms with Gasteiger partial charge in [0.2, 0.25) is 0 Å². The highest BCUT2D eigenvalue weighted by Crippen LogP contribution is 2.60. The number of methoxy groups -OCH3 is 2. The van der Waals surface area contributed by atoms with E-state index in [4.69, 9.17) is 14.6 Å². The van der Waals surface area contributed by atoms with Crippen molar-refractivity contribution in [1.82, 2.24) is 14.8 Å². The lowest BCUT2D eigenvalue weighted by Crippen LogP contribution is -2.55. The fourth-order valence-corrected chi connectivity index (χ4v) is 6.02. The molecule has 2 aromatic heterocycles. The zero-order valence-corrected chi connectivity index (χ0v) is 17.9. The summed E-state index contributed by atoms with van der Waals surface area (Å²) < 4.78 is 13.6. The summed E-state index contributed by atoms with van der Waals surface area (Å²) in [7, 11) is 3.57. The Hall–Kier alpha value is -0.950. The van der Waals surface area contributed by atoms with Gasteiger partial charge in [-0.15, -0.1) is 33.9 Å². The van der Waals surface area contributed by atoms with Crippen molar-refractivity contribution in [2.24, 2.45) is 5.41 Å². The first-order chi connectivity index (χ1) is 12.7. The fourth-order valence-electron chi connectivity index (χ4n) is 5.10. The first-order valence-electron chi connectivity index (χ1n) is 9.67. The summed E-state index contributed by atoms with van der Waals surface area (Å²) in [6, 6.07) is 4.41. The van der Waals surface area contributed by atoms with Crippen molar-refractivity contribution in [2.45, 2.75) is 56.9 Å². The van der Waals surface area contributed by atoms with Crippen LogP contribution in [-0.2, 0) is 27.9 Å². The van der Waals surface area contributed by atoms with E-state index in [9.17, 15) is 0 Å². The molecule has 0 bridgehead atoms. The van der Waals surface area contributed by atoms with Crippen molar-refractivity contribution >= 4 is 23.7 Å². The topological polar surface area (TPSA) is 49.2 Å². The number of ether oxygens (including phenoxy) is 2. The van der Waals surface area contributed by atoms with Gasteiger partial charge in [0.05, 0.1) is 18.6 Å². The van der Waals surface area contributed by atoms with E-state index in [1.165, 1.54) is 42.2 Å². The highest BCUT2D eigenvalue weighted by molar-refractivity contribution is 7.10. The Bertz CT molecular complexity index is 718. The zero-order valence-electron chi connectivity index (χ0n) is 16.3. The highest BCUT2D eigenvalue weighted by Gasteiger charge is 2.59. The molecule has 150 valence electrons.